The third-order valence-electron chi connectivity index (χ3n) is 1.30. The van der Waals surface area contributed by atoms with Crippen molar-refractivity contribution in [3.63, 3.8) is 0 Å². The fourth-order valence-electron chi connectivity index (χ4n) is 0.737. The van der Waals surface area contributed by atoms with Gasteiger partial charge in [-0.2, -0.15) is 0 Å². The Morgan fingerprint density at radius 3 is 1.92 bits per heavy atom. The van der Waals surface area contributed by atoms with Gasteiger partial charge in [0.15, 0.2) is 0 Å². The first-order valence-corrected chi connectivity index (χ1v) is 8.01. The van der Waals surface area contributed by atoms with E-state index in [9.17, 15) is 13.7 Å². The fourth-order valence-corrected chi connectivity index (χ4v) is 9.82. The smallest absolute Gasteiger partial charge is 0.321 e. The summed E-state index contributed by atoms with van der Waals surface area (Å²) in [7, 11) is -13.0. The molecule has 0 spiro atoms. The molecule has 0 aromatic heterocycles. The first kappa shape index (κ1) is 10.6. The molecule has 7 nitrogen and oxygen atoms in total. The van der Waals surface area contributed by atoms with E-state index in [-0.39, 0.29) is 0 Å². The van der Waals surface area contributed by atoms with E-state index in [2.05, 4.69) is 12.9 Å². The van der Waals surface area contributed by atoms with E-state index in [1.807, 2.05) is 0 Å². The van der Waals surface area contributed by atoms with Crippen molar-refractivity contribution in [3.8, 4) is 0 Å². The van der Waals surface area contributed by atoms with Crippen LogP contribution < -0.4 is 0 Å². The summed E-state index contributed by atoms with van der Waals surface area (Å²) in [6, 6.07) is 0. The van der Waals surface area contributed by atoms with Crippen molar-refractivity contribution in [1.29, 1.82) is 0 Å². The van der Waals surface area contributed by atoms with Gasteiger partial charge in [-0.05, 0) is 0 Å². The van der Waals surface area contributed by atoms with Crippen LogP contribution in [0.3, 0.4) is 0 Å². The Morgan fingerprint density at radius 2 is 1.54 bits per heavy atom. The molecule has 0 saturated carbocycles. The van der Waals surface area contributed by atoms with Crippen molar-refractivity contribution >= 4 is 46.2 Å². The van der Waals surface area contributed by atoms with Crippen LogP contribution >= 0.6 is 46.2 Å². The molecule has 0 amide bonds. The highest BCUT2D eigenvalue weighted by Gasteiger charge is 2.80. The summed E-state index contributed by atoms with van der Waals surface area (Å²) in [5, 5.41) is 0. The second kappa shape index (κ2) is 2.43. The molecule has 3 heterocycles. The molecule has 0 radical (unpaired) electrons. The number of fused-ring (bicyclic) bond motifs is 2. The second-order valence-electron chi connectivity index (χ2n) is 2.22. The van der Waals surface area contributed by atoms with Crippen LogP contribution in [-0.2, 0) is 26.6 Å². The number of rotatable bonds is 0. The number of hydrogen-bond donors (Lipinski definition) is 1. The summed E-state index contributed by atoms with van der Waals surface area (Å²) in [5.74, 6) is 0. The quantitative estimate of drug-likeness (QED) is 0.540. The minimum absolute atomic E-state index is 2.72. The lowest BCUT2D eigenvalue weighted by atomic mass is 11.8. The molecule has 76 valence electrons. The molecule has 1 unspecified atom stereocenters. The molecular formula is CHCl2O7P3. The van der Waals surface area contributed by atoms with Crippen molar-refractivity contribution in [2.45, 2.75) is 3.82 Å². The van der Waals surface area contributed by atoms with Crippen LogP contribution in [0.25, 0.3) is 0 Å². The fraction of sp³-hybridized carbons (Fsp3) is 1.00. The molecule has 0 aliphatic carbocycles. The van der Waals surface area contributed by atoms with Gasteiger partial charge in [-0.3, -0.25) is 9.13 Å². The molecule has 0 aromatic carbocycles. The van der Waals surface area contributed by atoms with Gasteiger partial charge in [0, 0.05) is 0 Å². The molecule has 1 atom stereocenters. The zero-order valence-electron chi connectivity index (χ0n) is 5.49. The predicted octanol–water partition coefficient (Wildman–Crippen LogP) is 2.64. The van der Waals surface area contributed by atoms with Gasteiger partial charge in [-0.1, -0.05) is 23.2 Å². The van der Waals surface area contributed by atoms with Gasteiger partial charge in [0.05, 0.1) is 0 Å². The minimum atomic E-state index is -4.67. The summed E-state index contributed by atoms with van der Waals surface area (Å²) in [6.45, 7) is 0. The van der Waals surface area contributed by atoms with Crippen molar-refractivity contribution in [1.82, 2.24) is 0 Å². The van der Waals surface area contributed by atoms with Gasteiger partial charge >= 0.3 is 26.8 Å². The highest BCUT2D eigenvalue weighted by molar-refractivity contribution is 7.95. The zero-order valence-corrected chi connectivity index (χ0v) is 9.69. The average Bonchev–Trinajstić information content (AvgIpc) is 1.78. The van der Waals surface area contributed by atoms with E-state index in [4.69, 9.17) is 28.1 Å². The van der Waals surface area contributed by atoms with Gasteiger partial charge in [0.25, 0.3) is 0 Å². The molecule has 2 bridgehead atoms. The Kier molecular flexibility index (Phi) is 1.99. The maximum atomic E-state index is 11.3. The summed E-state index contributed by atoms with van der Waals surface area (Å²) >= 11 is 10.5. The lowest BCUT2D eigenvalue weighted by molar-refractivity contribution is 0.187. The van der Waals surface area contributed by atoms with E-state index in [1.54, 1.807) is 0 Å². The summed E-state index contributed by atoms with van der Waals surface area (Å²) < 4.78 is 42.9. The monoisotopic (exact) mass is 288 g/mol. The molecule has 3 aliphatic rings. The topological polar surface area (TPSA) is 99.1 Å². The van der Waals surface area contributed by atoms with Crippen LogP contribution in [0, 0.1) is 0 Å². The van der Waals surface area contributed by atoms with Gasteiger partial charge in [0.2, 0.25) is 0 Å². The van der Waals surface area contributed by atoms with Gasteiger partial charge in [-0.15, -0.1) is 0 Å². The van der Waals surface area contributed by atoms with Crippen LogP contribution in [-0.4, -0.2) is 8.71 Å². The summed E-state index contributed by atoms with van der Waals surface area (Å²) in [5.41, 5.74) is 0. The predicted molar refractivity (Wildman–Crippen MR) is 42.7 cm³/mol. The lowest BCUT2D eigenvalue weighted by Gasteiger charge is -2.45. The molecule has 12 heteroatoms. The number of alkyl halides is 2. The Balaban J connectivity index is 2.57. The van der Waals surface area contributed by atoms with E-state index < -0.39 is 26.8 Å². The Labute approximate surface area is 81.9 Å². The molecule has 3 rings (SSSR count). The van der Waals surface area contributed by atoms with E-state index in [0.29, 0.717) is 0 Å². The Morgan fingerprint density at radius 1 is 1.08 bits per heavy atom. The molecule has 3 saturated heterocycles. The largest absolute Gasteiger partial charge is 0.496 e. The number of phosphoric acid groups is 1. The first-order valence-electron chi connectivity index (χ1n) is 2.67. The van der Waals surface area contributed by atoms with Crippen LogP contribution in [0.5, 0.6) is 0 Å². The lowest BCUT2D eigenvalue weighted by Crippen LogP contribution is -2.29. The van der Waals surface area contributed by atoms with E-state index in [1.165, 1.54) is 0 Å². The SMILES string of the molecule is O=P12OP(=O)(O)C(Cl)(Cl)P(=O)(O1)O2. The third-order valence-corrected chi connectivity index (χ3v) is 11.7. The number of hydrogen-bond acceptors (Lipinski definition) is 6. The van der Waals surface area contributed by atoms with Gasteiger partial charge in [-0.25, -0.2) is 17.5 Å². The van der Waals surface area contributed by atoms with Crippen LogP contribution in [0.15, 0.2) is 0 Å². The zero-order chi connectivity index (χ0) is 10.1. The maximum absolute atomic E-state index is 11.3. The van der Waals surface area contributed by atoms with Gasteiger partial charge in [0.1, 0.15) is 0 Å². The van der Waals surface area contributed by atoms with Crippen LogP contribution in [0.2, 0.25) is 0 Å². The molecule has 3 fully saturated rings. The van der Waals surface area contributed by atoms with Crippen LogP contribution in [0.4, 0.5) is 0 Å². The van der Waals surface area contributed by atoms with Crippen molar-refractivity contribution in [3.05, 3.63) is 0 Å². The third kappa shape index (κ3) is 1.18. The van der Waals surface area contributed by atoms with Crippen molar-refractivity contribution in [2.75, 3.05) is 0 Å². The second-order valence-corrected chi connectivity index (χ2v) is 11.2. The van der Waals surface area contributed by atoms with E-state index in [0.717, 1.165) is 0 Å². The molecule has 3 aliphatic heterocycles. The van der Waals surface area contributed by atoms with Gasteiger partial charge < -0.3 is 4.89 Å². The molecule has 13 heavy (non-hydrogen) atoms. The highest BCUT2D eigenvalue weighted by Crippen LogP contribution is 3.01. The Hall–Kier alpha value is 1.11. The normalized spacial score (nSPS) is 58.4. The average molecular weight is 289 g/mol. The van der Waals surface area contributed by atoms with Crippen molar-refractivity contribution in [2.24, 2.45) is 0 Å². The maximum Gasteiger partial charge on any atom is 0.496 e. The standard InChI is InChI=1S/CHCl2O7P3/c2-1(3)11(4,5)8-13(7)9-12(1,6)10-13/h(H,4,5). The summed E-state index contributed by atoms with van der Waals surface area (Å²) in [4.78, 5) is 9.00. The van der Waals surface area contributed by atoms with Crippen molar-refractivity contribution < 1.29 is 31.5 Å². The first-order chi connectivity index (χ1) is 5.62. The van der Waals surface area contributed by atoms with E-state index >= 15 is 0 Å². The molecule has 1 N–H and O–H groups in total. The molecule has 0 aromatic rings. The molecular weight excluding hydrogens is 288 g/mol. The van der Waals surface area contributed by atoms with Crippen LogP contribution in [0.1, 0.15) is 0 Å². The minimum Gasteiger partial charge on any atom is -0.321 e. The highest BCUT2D eigenvalue weighted by atomic mass is 35.5. The Bertz CT molecular complexity index is 388. The number of halogens is 2. The summed E-state index contributed by atoms with van der Waals surface area (Å²) in [6.07, 6.45) is 0.